The fourth-order valence-electron chi connectivity index (χ4n) is 1.25. The van der Waals surface area contributed by atoms with E-state index in [4.69, 9.17) is 12.2 Å². The largest absolute Gasteiger partial charge is 0.353 e. The molecule has 70 valence electrons. The predicted octanol–water partition coefficient (Wildman–Crippen LogP) is 1.38. The normalized spacial score (nSPS) is 28.7. The van der Waals surface area contributed by atoms with Gasteiger partial charge in [0.15, 0.2) is 0 Å². The van der Waals surface area contributed by atoms with Crippen LogP contribution in [0.15, 0.2) is 0 Å². The Balaban J connectivity index is 2.87. The van der Waals surface area contributed by atoms with E-state index in [1.54, 1.807) is 7.05 Å². The summed E-state index contributed by atoms with van der Waals surface area (Å²) in [6, 6.07) is 0. The summed E-state index contributed by atoms with van der Waals surface area (Å²) < 4.78 is 0.839. The summed E-state index contributed by atoms with van der Waals surface area (Å²) in [7, 11) is 3.61. The van der Waals surface area contributed by atoms with Crippen LogP contribution in [0.4, 0.5) is 0 Å². The van der Waals surface area contributed by atoms with Gasteiger partial charge in [-0.2, -0.15) is 5.06 Å². The Morgan fingerprint density at radius 2 is 2.17 bits per heavy atom. The second kappa shape index (κ2) is 3.14. The number of likely N-dealkylation sites (N-methyl/N-ethyl adjacent to an activating group) is 2. The van der Waals surface area contributed by atoms with E-state index < -0.39 is 0 Å². The third-order valence-electron chi connectivity index (χ3n) is 2.29. The molecule has 0 amide bonds. The van der Waals surface area contributed by atoms with Crippen LogP contribution in [-0.4, -0.2) is 44.5 Å². The third-order valence-corrected chi connectivity index (χ3v) is 4.44. The van der Waals surface area contributed by atoms with Crippen molar-refractivity contribution in [3.05, 3.63) is 0 Å². The van der Waals surface area contributed by atoms with Crippen LogP contribution in [0.2, 0.25) is 0 Å². The topological polar surface area (TPSA) is 26.7 Å². The van der Waals surface area contributed by atoms with Crippen molar-refractivity contribution in [1.82, 2.24) is 9.96 Å². The van der Waals surface area contributed by atoms with Gasteiger partial charge in [0, 0.05) is 14.1 Å². The van der Waals surface area contributed by atoms with Crippen LogP contribution in [0.25, 0.3) is 0 Å². The van der Waals surface area contributed by atoms with Gasteiger partial charge in [0.2, 0.25) is 0 Å². The van der Waals surface area contributed by atoms with Gasteiger partial charge in [-0.15, -0.1) is 0 Å². The predicted molar refractivity (Wildman–Crippen MR) is 55.4 cm³/mol. The molecule has 0 unspecified atom stereocenters. The molecule has 3 nitrogen and oxygen atoms in total. The van der Waals surface area contributed by atoms with Crippen molar-refractivity contribution in [2.45, 2.75) is 24.8 Å². The summed E-state index contributed by atoms with van der Waals surface area (Å²) in [5.41, 5.74) is -0.106. The van der Waals surface area contributed by atoms with E-state index in [0.29, 0.717) is 0 Å². The van der Waals surface area contributed by atoms with Gasteiger partial charge in [0.05, 0.1) is 5.54 Å². The van der Waals surface area contributed by atoms with Crippen molar-refractivity contribution in [3.8, 4) is 0 Å². The lowest BCUT2D eigenvalue weighted by Gasteiger charge is -2.34. The molecule has 0 aromatic heterocycles. The quantitative estimate of drug-likeness (QED) is 0.516. The van der Waals surface area contributed by atoms with E-state index >= 15 is 0 Å². The highest BCUT2D eigenvalue weighted by Gasteiger charge is 2.44. The minimum absolute atomic E-state index is 0.0231. The van der Waals surface area contributed by atoms with E-state index in [-0.39, 0.29) is 10.9 Å². The monoisotopic (exact) mass is 206 g/mol. The maximum absolute atomic E-state index is 9.35. The zero-order valence-electron chi connectivity index (χ0n) is 7.74. The molecule has 0 bridgehead atoms. The first-order chi connectivity index (χ1) is 5.37. The Kier molecular flexibility index (Phi) is 2.68. The number of thiocarbonyl (C=S) groups is 1. The van der Waals surface area contributed by atoms with Crippen LogP contribution < -0.4 is 0 Å². The summed E-state index contributed by atoms with van der Waals surface area (Å²) in [5, 5.41) is 10.6. The van der Waals surface area contributed by atoms with Gasteiger partial charge in [-0.05, 0) is 13.8 Å². The SMILES string of the molecule is CN(O)[C@H]1SC(=S)N(C)C1(C)C. The lowest BCUT2D eigenvalue weighted by atomic mass is 10.0. The molecule has 1 N–H and O–H groups in total. The molecule has 0 saturated carbocycles. The highest BCUT2D eigenvalue weighted by Crippen LogP contribution is 2.39. The molecule has 1 fully saturated rings. The summed E-state index contributed by atoms with van der Waals surface area (Å²) in [6.45, 7) is 4.13. The first kappa shape index (κ1) is 10.2. The summed E-state index contributed by atoms with van der Waals surface area (Å²) in [4.78, 5) is 2.02. The summed E-state index contributed by atoms with van der Waals surface area (Å²) in [6.07, 6.45) is 0. The van der Waals surface area contributed by atoms with E-state index in [2.05, 4.69) is 13.8 Å². The van der Waals surface area contributed by atoms with E-state index in [0.717, 1.165) is 4.32 Å². The smallest absolute Gasteiger partial charge is 0.138 e. The van der Waals surface area contributed by atoms with Gasteiger partial charge in [-0.25, -0.2) is 0 Å². The molecular formula is C7H14N2OS2. The van der Waals surface area contributed by atoms with Gasteiger partial charge in [0.25, 0.3) is 0 Å². The van der Waals surface area contributed by atoms with Crippen molar-refractivity contribution in [2.75, 3.05) is 14.1 Å². The summed E-state index contributed by atoms with van der Waals surface area (Å²) in [5.74, 6) is 0. The van der Waals surface area contributed by atoms with Crippen molar-refractivity contribution < 1.29 is 5.21 Å². The average molecular weight is 206 g/mol. The number of rotatable bonds is 1. The molecular weight excluding hydrogens is 192 g/mol. The Bertz CT molecular complexity index is 206. The van der Waals surface area contributed by atoms with Gasteiger partial charge < -0.3 is 10.1 Å². The second-order valence-corrected chi connectivity index (χ2v) is 5.24. The van der Waals surface area contributed by atoms with Crippen molar-refractivity contribution in [2.24, 2.45) is 0 Å². The van der Waals surface area contributed by atoms with Crippen LogP contribution in [0.5, 0.6) is 0 Å². The molecule has 0 spiro atoms. The molecule has 0 aliphatic carbocycles. The third kappa shape index (κ3) is 1.46. The molecule has 1 saturated heterocycles. The van der Waals surface area contributed by atoms with Gasteiger partial charge >= 0.3 is 0 Å². The number of hydrogen-bond acceptors (Lipinski definition) is 4. The molecule has 1 aliphatic rings. The Morgan fingerprint density at radius 3 is 2.33 bits per heavy atom. The lowest BCUT2D eigenvalue weighted by Crippen LogP contribution is -2.48. The van der Waals surface area contributed by atoms with Crippen molar-refractivity contribution in [1.29, 1.82) is 0 Å². The Hall–Kier alpha value is 0.160. The maximum Gasteiger partial charge on any atom is 0.138 e. The zero-order valence-corrected chi connectivity index (χ0v) is 9.37. The van der Waals surface area contributed by atoms with E-state index in [1.807, 2.05) is 11.9 Å². The van der Waals surface area contributed by atoms with Gasteiger partial charge in [0.1, 0.15) is 9.69 Å². The maximum atomic E-state index is 9.35. The Labute approximate surface area is 82.7 Å². The minimum Gasteiger partial charge on any atom is -0.353 e. The molecule has 1 heterocycles. The van der Waals surface area contributed by atoms with Crippen LogP contribution in [0, 0.1) is 0 Å². The molecule has 12 heavy (non-hydrogen) atoms. The standard InChI is InChI=1S/C7H14N2OS2/c1-7(2)5(9(4)10)12-6(11)8(7)3/h5,10H,1-4H3/t5-/m0/s1. The van der Waals surface area contributed by atoms with E-state index in [1.165, 1.54) is 16.8 Å². The zero-order chi connectivity index (χ0) is 9.52. The van der Waals surface area contributed by atoms with Crippen molar-refractivity contribution in [3.63, 3.8) is 0 Å². The van der Waals surface area contributed by atoms with Crippen LogP contribution in [0.1, 0.15) is 13.8 Å². The molecule has 1 rings (SSSR count). The Morgan fingerprint density at radius 1 is 1.67 bits per heavy atom. The molecule has 1 atom stereocenters. The fraction of sp³-hybridized carbons (Fsp3) is 0.857. The first-order valence-corrected chi connectivity index (χ1v) is 5.02. The first-order valence-electron chi connectivity index (χ1n) is 3.73. The highest BCUT2D eigenvalue weighted by molar-refractivity contribution is 8.23. The average Bonchev–Trinajstić information content (AvgIpc) is 2.13. The second-order valence-electron chi connectivity index (χ2n) is 3.52. The van der Waals surface area contributed by atoms with Gasteiger partial charge in [-0.3, -0.25) is 0 Å². The molecule has 5 heteroatoms. The molecule has 0 radical (unpaired) electrons. The minimum atomic E-state index is -0.106. The molecule has 0 aromatic carbocycles. The van der Waals surface area contributed by atoms with E-state index in [9.17, 15) is 5.21 Å². The van der Waals surface area contributed by atoms with Crippen LogP contribution >= 0.6 is 24.0 Å². The number of hydroxylamine groups is 2. The lowest BCUT2D eigenvalue weighted by molar-refractivity contribution is -0.0987. The number of nitrogens with zero attached hydrogens (tertiary/aromatic N) is 2. The highest BCUT2D eigenvalue weighted by atomic mass is 32.2. The summed E-state index contributed by atoms with van der Waals surface area (Å²) >= 11 is 6.66. The number of hydrogen-bond donors (Lipinski definition) is 1. The fourth-order valence-corrected chi connectivity index (χ4v) is 2.95. The van der Waals surface area contributed by atoms with Crippen molar-refractivity contribution >= 4 is 28.3 Å². The molecule has 1 aliphatic heterocycles. The molecule has 0 aromatic rings. The number of thioether (sulfide) groups is 1. The van der Waals surface area contributed by atoms with Crippen LogP contribution in [-0.2, 0) is 0 Å². The van der Waals surface area contributed by atoms with Crippen LogP contribution in [0.3, 0.4) is 0 Å². The van der Waals surface area contributed by atoms with Gasteiger partial charge in [-0.1, -0.05) is 24.0 Å².